The van der Waals surface area contributed by atoms with Crippen molar-refractivity contribution < 1.29 is 97.4 Å². The molecule has 33 heteroatoms. The average molecular weight is 1530 g/mol. The summed E-state index contributed by atoms with van der Waals surface area (Å²) in [6.45, 7) is 6.06. The molecule has 11 atom stereocenters. The smallest absolute Gasteiger partial charge is 0.378 e. The molecule has 107 heavy (non-hydrogen) atoms. The molecular weight excluding hydrogens is 1420 g/mol. The number of morpholine rings is 1. The minimum Gasteiger partial charge on any atom is -0.378 e. The van der Waals surface area contributed by atoms with Gasteiger partial charge in [0.15, 0.2) is 0 Å². The number of carbonyl (C=O) groups is 12. The molecule has 2 bridgehead atoms. The van der Waals surface area contributed by atoms with Crippen molar-refractivity contribution in [3.63, 3.8) is 0 Å². The van der Waals surface area contributed by atoms with Crippen LogP contribution in [0.15, 0.2) is 0 Å². The molecule has 0 aromatic rings. The first-order valence-electron chi connectivity index (χ1n) is 38.7. The minimum atomic E-state index is -5.20. The second-order valence-corrected chi connectivity index (χ2v) is 32.2. The lowest BCUT2D eigenvalue weighted by Crippen LogP contribution is -2.65. The maximum Gasteiger partial charge on any atom is 0.397 e. The molecule has 25 nitrogen and oxygen atoms in total. The van der Waals surface area contributed by atoms with Crippen LogP contribution in [-0.2, 0) is 62.3 Å². The van der Waals surface area contributed by atoms with Crippen molar-refractivity contribution >= 4 is 70.9 Å². The maximum absolute atomic E-state index is 15.6. The number of nitrogens with one attached hydrogen (secondary N) is 3. The largest absolute Gasteiger partial charge is 0.397 e. The molecule has 1 spiro atoms. The lowest BCUT2D eigenvalue weighted by atomic mass is 9.76. The number of carbonyl (C=O) groups excluding carboxylic acids is 12. The Kier molecular flexibility index (Phi) is 29.4. The van der Waals surface area contributed by atoms with Gasteiger partial charge >= 0.3 is 12.4 Å². The van der Waals surface area contributed by atoms with Crippen molar-refractivity contribution in [2.24, 2.45) is 41.4 Å². The van der Waals surface area contributed by atoms with Gasteiger partial charge in [-0.2, -0.15) is 26.3 Å². The molecular formula is C74H114F8N12O13. The summed E-state index contributed by atoms with van der Waals surface area (Å²) in [7, 11) is 8.11. The SMILES string of the molecule is CC[C@H](C)[C@@H]1NC(=O)[C@H](CC(C)C)N(C)C(=O)C[C@@H](C(=O)N2CCOCC2)N(C)C(=O)[C@H](C2CCC2)N(C)C(=O)C2(CCCC2)NC(=O)[C@@H]2CCCN2C(=O)[C@H](CCC2CC(F)C(C(F)(F)F)C(F)C2)NC(=O)CN(C)C(=O)[C@H](CC2CCC(C(F)(F)F)CC2)N2CCCC[C@@H](C2=O)N(C)C(=O)CN(C)C1=O. The Morgan fingerprint density at radius 1 is 0.570 bits per heavy atom. The number of nitrogens with zero attached hydrogens (tertiary/aromatic N) is 9. The molecule has 2 unspecified atom stereocenters. The molecule has 4 heterocycles. The summed E-state index contributed by atoms with van der Waals surface area (Å²) < 4.78 is 120. The van der Waals surface area contributed by atoms with E-state index in [1.807, 2.05) is 13.8 Å². The van der Waals surface area contributed by atoms with Gasteiger partial charge < -0.3 is 64.8 Å². The summed E-state index contributed by atoms with van der Waals surface area (Å²) in [5, 5.41) is 8.49. The number of fused-ring (bicyclic) bond motifs is 3. The minimum absolute atomic E-state index is 0.0174. The van der Waals surface area contributed by atoms with Crippen molar-refractivity contribution in [1.29, 1.82) is 0 Å². The Morgan fingerprint density at radius 3 is 1.76 bits per heavy atom. The topological polar surface area (TPSA) is 279 Å². The molecule has 0 radical (unpaired) electrons. The van der Waals surface area contributed by atoms with Crippen LogP contribution in [0.3, 0.4) is 0 Å². The molecule has 4 saturated heterocycles. The highest BCUT2D eigenvalue weighted by molar-refractivity contribution is 6.01. The van der Waals surface area contributed by atoms with Crippen LogP contribution < -0.4 is 16.0 Å². The Labute approximate surface area is 622 Å². The first kappa shape index (κ1) is 85.6. The van der Waals surface area contributed by atoms with E-state index in [1.54, 1.807) is 13.8 Å². The predicted octanol–water partition coefficient (Wildman–Crippen LogP) is 5.94. The van der Waals surface area contributed by atoms with E-state index in [2.05, 4.69) is 16.0 Å². The van der Waals surface area contributed by atoms with Gasteiger partial charge in [-0.25, -0.2) is 8.78 Å². The van der Waals surface area contributed by atoms with Crippen LogP contribution in [0, 0.1) is 41.4 Å². The summed E-state index contributed by atoms with van der Waals surface area (Å²) in [5.41, 5.74) is -1.67. The monoisotopic (exact) mass is 1530 g/mol. The van der Waals surface area contributed by atoms with Crippen LogP contribution in [0.5, 0.6) is 0 Å². The average Bonchev–Trinajstić information content (AvgIpc) is 1.77. The van der Waals surface area contributed by atoms with E-state index in [-0.39, 0.29) is 129 Å². The molecule has 8 fully saturated rings. The molecule has 12 amide bonds. The molecule has 8 aliphatic rings. The van der Waals surface area contributed by atoms with Crippen molar-refractivity contribution in [3.8, 4) is 0 Å². The molecule has 0 aromatic carbocycles. The van der Waals surface area contributed by atoms with Gasteiger partial charge in [0, 0.05) is 68.5 Å². The zero-order valence-electron chi connectivity index (χ0n) is 63.8. The fraction of sp³-hybridized carbons (Fsp3) is 0.838. The van der Waals surface area contributed by atoms with Crippen LogP contribution in [0.25, 0.3) is 0 Å². The summed E-state index contributed by atoms with van der Waals surface area (Å²) in [6.07, 6.45) is -14.4. The zero-order valence-corrected chi connectivity index (χ0v) is 63.8. The van der Waals surface area contributed by atoms with E-state index >= 15 is 42.3 Å². The van der Waals surface area contributed by atoms with Gasteiger partial charge in [-0.05, 0) is 152 Å². The normalized spacial score (nSPS) is 32.1. The number of hydrogen-bond donors (Lipinski definition) is 3. The summed E-state index contributed by atoms with van der Waals surface area (Å²) >= 11 is 0. The number of ether oxygens (including phenoxy) is 1. The third-order valence-electron chi connectivity index (χ3n) is 24.4. The van der Waals surface area contributed by atoms with Crippen LogP contribution in [-0.4, -0.2) is 288 Å². The lowest BCUT2D eigenvalue weighted by Gasteiger charge is -2.45. The third kappa shape index (κ3) is 20.5. The Hall–Kier alpha value is -6.96. The fourth-order valence-electron chi connectivity index (χ4n) is 17.4. The molecule has 8 rings (SSSR count). The van der Waals surface area contributed by atoms with Gasteiger partial charge in [0.05, 0.1) is 38.6 Å². The highest BCUT2D eigenvalue weighted by Crippen LogP contribution is 2.46. The molecule has 4 aliphatic heterocycles. The Bertz CT molecular complexity index is 3170. The Morgan fingerprint density at radius 2 is 1.18 bits per heavy atom. The summed E-state index contributed by atoms with van der Waals surface area (Å²) in [5.74, 6) is -16.4. The number of rotatable bonds is 11. The summed E-state index contributed by atoms with van der Waals surface area (Å²) in [6, 6.07) is -11.0. The van der Waals surface area contributed by atoms with E-state index in [0.29, 0.717) is 44.9 Å². The van der Waals surface area contributed by atoms with Gasteiger partial charge in [-0.3, -0.25) is 57.5 Å². The van der Waals surface area contributed by atoms with Gasteiger partial charge in [-0.1, -0.05) is 53.4 Å². The second kappa shape index (κ2) is 36.7. The predicted molar refractivity (Wildman–Crippen MR) is 374 cm³/mol. The fourth-order valence-corrected chi connectivity index (χ4v) is 17.4. The number of halogens is 8. The quantitative estimate of drug-likeness (QED) is 0.202. The van der Waals surface area contributed by atoms with Crippen molar-refractivity contribution in [2.45, 2.75) is 260 Å². The van der Waals surface area contributed by atoms with Crippen LogP contribution in [0.4, 0.5) is 35.1 Å². The van der Waals surface area contributed by atoms with Gasteiger partial charge in [0.1, 0.15) is 72.1 Å². The number of likely N-dealkylation sites (N-methyl/N-ethyl adjacent to an activating group) is 6. The zero-order chi connectivity index (χ0) is 78.9. The van der Waals surface area contributed by atoms with Crippen molar-refractivity contribution in [2.75, 3.05) is 94.8 Å². The number of alkyl halides is 8. The first-order chi connectivity index (χ1) is 50.3. The molecule has 0 aromatic heterocycles. The van der Waals surface area contributed by atoms with E-state index in [4.69, 9.17) is 4.74 Å². The molecule has 3 N–H and O–H groups in total. The second-order valence-electron chi connectivity index (χ2n) is 32.2. The van der Waals surface area contributed by atoms with Crippen molar-refractivity contribution in [3.05, 3.63) is 0 Å². The van der Waals surface area contributed by atoms with Gasteiger partial charge in [0.25, 0.3) is 0 Å². The van der Waals surface area contributed by atoms with E-state index in [9.17, 15) is 50.3 Å². The van der Waals surface area contributed by atoms with Crippen LogP contribution in [0.1, 0.15) is 182 Å². The lowest BCUT2D eigenvalue weighted by molar-refractivity contribution is -0.219. The van der Waals surface area contributed by atoms with Gasteiger partial charge in [0.2, 0.25) is 70.9 Å². The highest BCUT2D eigenvalue weighted by atomic mass is 19.4. The van der Waals surface area contributed by atoms with Crippen molar-refractivity contribution in [1.82, 2.24) is 60.0 Å². The summed E-state index contributed by atoms with van der Waals surface area (Å²) in [4.78, 5) is 192. The van der Waals surface area contributed by atoms with Gasteiger partial charge in [-0.15, -0.1) is 0 Å². The van der Waals surface area contributed by atoms with Crippen LogP contribution >= 0.6 is 0 Å². The molecule has 604 valence electrons. The van der Waals surface area contributed by atoms with E-state index in [1.165, 1.54) is 66.8 Å². The standard InChI is InChI=1S/C74H114F8N12O13/c1-11-44(4)61-69(104)87(6)42-59(97)88(7)53-20-12-15-30-94(68(53)103)56(39-45-22-25-48(26-23-45)73(77,78)79)66(101)86(5)41-57(95)83-51(27-24-46-37-49(75)60(50(76)38-46)74(80,81)82)65(100)93-31-17-21-52(93)64(99)85-72(28-13-14-29-72)71(106)91(10)62(47-18-16-19-47)70(105)90(9)55(67(102)92-32-34-107-35-33-92)40-58(96)89(8)54(36-43(2)3)63(98)84-61/h43-56,60-62H,11-42H2,1-10H3,(H,83,95)(H,84,98)(H,85,99)/t44-,45?,46?,48?,49?,50?,51-,52-,53-,54-,55-,56-,60?,61-,62-/m0/s1. The number of hydrogen-bond acceptors (Lipinski definition) is 13. The van der Waals surface area contributed by atoms with Crippen LogP contribution in [0.2, 0.25) is 0 Å². The van der Waals surface area contributed by atoms with E-state index < -0.39 is 224 Å². The number of amides is 12. The highest BCUT2D eigenvalue weighted by Gasteiger charge is 2.56. The third-order valence-corrected chi connectivity index (χ3v) is 24.4. The maximum atomic E-state index is 15.6. The first-order valence-corrected chi connectivity index (χ1v) is 38.7. The van der Waals surface area contributed by atoms with E-state index in [0.717, 1.165) is 19.6 Å². The Balaban J connectivity index is 1.18. The molecule has 4 saturated carbocycles. The molecule has 4 aliphatic carbocycles.